The van der Waals surface area contributed by atoms with Crippen LogP contribution < -0.4 is 0 Å². The first-order valence-corrected chi connectivity index (χ1v) is 4.45. The zero-order chi connectivity index (χ0) is 12.6. The molecule has 0 aliphatic heterocycles. The Morgan fingerprint density at radius 2 is 2.24 bits per heavy atom. The molecule has 0 saturated heterocycles. The smallest absolute Gasteiger partial charge is 0.479 e. The van der Waals surface area contributed by atoms with Crippen molar-refractivity contribution in [3.05, 3.63) is 33.9 Å². The highest BCUT2D eigenvalue weighted by molar-refractivity contribution is 5.84. The zero-order valence-corrected chi connectivity index (χ0v) is 8.23. The molecule has 1 unspecified atom stereocenters. The highest BCUT2D eigenvalue weighted by Gasteiger charge is 2.26. The largest absolute Gasteiger partial charge is 0.546 e. The van der Waals surface area contributed by atoms with Crippen molar-refractivity contribution in [1.29, 1.82) is 0 Å². The van der Waals surface area contributed by atoms with E-state index < -0.39 is 23.0 Å². The van der Waals surface area contributed by atoms with Gasteiger partial charge in [0.2, 0.25) is 5.52 Å². The summed E-state index contributed by atoms with van der Waals surface area (Å²) in [5.41, 5.74) is -0.0320. The number of carboxylic acid groups (broad SMARTS) is 1. The van der Waals surface area contributed by atoms with Gasteiger partial charge in [-0.2, -0.15) is 0 Å². The molecular formula is C9H6N2O6. The molecule has 2 rings (SSSR count). The number of nitro groups is 1. The molecule has 2 aromatic rings. The Balaban J connectivity index is 2.64. The fourth-order valence-electron chi connectivity index (χ4n) is 1.39. The van der Waals surface area contributed by atoms with Crippen LogP contribution in [0.2, 0.25) is 0 Å². The number of aliphatic hydroxyl groups is 1. The van der Waals surface area contributed by atoms with Crippen LogP contribution in [0, 0.1) is 10.1 Å². The third-order valence-electron chi connectivity index (χ3n) is 2.12. The van der Waals surface area contributed by atoms with Crippen LogP contribution >= 0.6 is 0 Å². The topological polar surface area (TPSA) is 127 Å². The maximum Gasteiger partial charge on any atom is 0.546 e. The number of oxazole rings is 1. The van der Waals surface area contributed by atoms with Gasteiger partial charge in [0.25, 0.3) is 0 Å². The molecule has 0 fully saturated rings. The molecule has 0 aliphatic rings. The molecule has 0 bridgehead atoms. The third kappa shape index (κ3) is 1.81. The van der Waals surface area contributed by atoms with Crippen molar-refractivity contribution in [3.63, 3.8) is 0 Å². The SMILES string of the molecule is O=C(O)C(O)c1cccc2oc([N+](=O)[O-])nc12. The first kappa shape index (κ1) is 11.0. The molecule has 8 nitrogen and oxygen atoms in total. The van der Waals surface area contributed by atoms with E-state index >= 15 is 0 Å². The number of carboxylic acids is 1. The monoisotopic (exact) mass is 238 g/mol. The fourth-order valence-corrected chi connectivity index (χ4v) is 1.39. The Hall–Kier alpha value is -2.48. The second-order valence-corrected chi connectivity index (χ2v) is 3.19. The van der Waals surface area contributed by atoms with Crippen molar-refractivity contribution in [1.82, 2.24) is 4.98 Å². The number of fused-ring (bicyclic) bond motifs is 1. The van der Waals surface area contributed by atoms with E-state index in [1.165, 1.54) is 18.2 Å². The number of hydrogen-bond donors (Lipinski definition) is 2. The normalized spacial score (nSPS) is 12.5. The van der Waals surface area contributed by atoms with Crippen molar-refractivity contribution in [2.45, 2.75) is 6.10 Å². The van der Waals surface area contributed by atoms with Gasteiger partial charge in [0, 0.05) is 15.5 Å². The standard InChI is InChI=1S/C9H6N2O6/c12-7(8(13)14)4-2-1-3-5-6(4)10-9(17-5)11(15)16/h1-3,7,12H,(H,13,14). The van der Waals surface area contributed by atoms with Gasteiger partial charge in [-0.05, 0) is 6.07 Å². The summed E-state index contributed by atoms with van der Waals surface area (Å²) in [6.07, 6.45) is -1.80. The van der Waals surface area contributed by atoms with Crippen LogP contribution in [0.15, 0.2) is 22.6 Å². The Morgan fingerprint density at radius 1 is 1.53 bits per heavy atom. The minimum atomic E-state index is -1.80. The molecule has 88 valence electrons. The second-order valence-electron chi connectivity index (χ2n) is 3.19. The molecule has 1 aromatic heterocycles. The predicted octanol–water partition coefficient (Wildman–Crippen LogP) is 0.854. The van der Waals surface area contributed by atoms with Gasteiger partial charge < -0.3 is 24.7 Å². The number of hydrogen-bond acceptors (Lipinski definition) is 6. The molecule has 17 heavy (non-hydrogen) atoms. The van der Waals surface area contributed by atoms with E-state index in [4.69, 9.17) is 9.52 Å². The van der Waals surface area contributed by atoms with Crippen LogP contribution in [0.4, 0.5) is 6.01 Å². The highest BCUT2D eigenvalue weighted by Crippen LogP contribution is 2.27. The van der Waals surface area contributed by atoms with E-state index in [9.17, 15) is 20.0 Å². The zero-order valence-electron chi connectivity index (χ0n) is 8.23. The van der Waals surface area contributed by atoms with Gasteiger partial charge in [-0.25, -0.2) is 4.79 Å². The minimum Gasteiger partial charge on any atom is -0.479 e. The summed E-state index contributed by atoms with van der Waals surface area (Å²) in [5.74, 6) is -1.47. The number of rotatable bonds is 3. The molecule has 8 heteroatoms. The molecule has 1 atom stereocenters. The van der Waals surface area contributed by atoms with Crippen molar-refractivity contribution >= 4 is 23.1 Å². The fraction of sp³-hybridized carbons (Fsp3) is 0.111. The highest BCUT2D eigenvalue weighted by atomic mass is 16.7. The summed E-state index contributed by atoms with van der Waals surface area (Å²) in [5, 5.41) is 28.5. The second kappa shape index (κ2) is 3.83. The van der Waals surface area contributed by atoms with Gasteiger partial charge >= 0.3 is 12.0 Å². The summed E-state index contributed by atoms with van der Waals surface area (Å²) in [6.45, 7) is 0. The van der Waals surface area contributed by atoms with E-state index in [2.05, 4.69) is 4.98 Å². The van der Waals surface area contributed by atoms with Crippen LogP contribution in [-0.2, 0) is 4.79 Å². The van der Waals surface area contributed by atoms with Gasteiger partial charge in [0.05, 0.1) is 0 Å². The molecule has 0 amide bonds. The quantitative estimate of drug-likeness (QED) is 0.599. The Labute approximate surface area is 93.3 Å². The summed E-state index contributed by atoms with van der Waals surface area (Å²) in [4.78, 5) is 23.8. The number of aliphatic hydroxyl groups excluding tert-OH is 1. The summed E-state index contributed by atoms with van der Waals surface area (Å²) < 4.78 is 4.79. The maximum absolute atomic E-state index is 10.6. The average molecular weight is 238 g/mol. The molecule has 1 heterocycles. The third-order valence-corrected chi connectivity index (χ3v) is 2.12. The lowest BCUT2D eigenvalue weighted by Crippen LogP contribution is -2.10. The molecule has 0 radical (unpaired) electrons. The maximum atomic E-state index is 10.6. The van der Waals surface area contributed by atoms with Crippen molar-refractivity contribution in [3.8, 4) is 0 Å². The number of carbonyl (C=O) groups is 1. The number of para-hydroxylation sites is 1. The Bertz CT molecular complexity index is 605. The van der Waals surface area contributed by atoms with E-state index in [1.54, 1.807) is 0 Å². The van der Waals surface area contributed by atoms with Crippen LogP contribution in [-0.4, -0.2) is 26.1 Å². The van der Waals surface area contributed by atoms with Crippen LogP contribution in [0.3, 0.4) is 0 Å². The number of aromatic nitrogens is 1. The van der Waals surface area contributed by atoms with E-state index in [-0.39, 0.29) is 16.7 Å². The van der Waals surface area contributed by atoms with E-state index in [0.717, 1.165) is 0 Å². The first-order chi connectivity index (χ1) is 8.00. The Morgan fingerprint density at radius 3 is 2.82 bits per heavy atom. The summed E-state index contributed by atoms with van der Waals surface area (Å²) in [6, 6.07) is 3.38. The number of nitrogens with zero attached hydrogens (tertiary/aromatic N) is 2. The van der Waals surface area contributed by atoms with Crippen LogP contribution in [0.1, 0.15) is 11.7 Å². The number of benzene rings is 1. The van der Waals surface area contributed by atoms with Crippen LogP contribution in [0.5, 0.6) is 0 Å². The predicted molar refractivity (Wildman–Crippen MR) is 53.3 cm³/mol. The molecular weight excluding hydrogens is 232 g/mol. The summed E-state index contributed by atoms with van der Waals surface area (Å²) >= 11 is 0. The number of aliphatic carboxylic acids is 1. The summed E-state index contributed by atoms with van der Waals surface area (Å²) in [7, 11) is 0. The molecule has 2 N–H and O–H groups in total. The molecule has 0 aliphatic carbocycles. The van der Waals surface area contributed by atoms with Crippen LogP contribution in [0.25, 0.3) is 11.1 Å². The van der Waals surface area contributed by atoms with Crippen molar-refractivity contribution in [2.24, 2.45) is 0 Å². The van der Waals surface area contributed by atoms with Gasteiger partial charge in [0.1, 0.15) is 0 Å². The lowest BCUT2D eigenvalue weighted by molar-refractivity contribution is -0.406. The first-order valence-electron chi connectivity index (χ1n) is 4.45. The van der Waals surface area contributed by atoms with Gasteiger partial charge in [0.15, 0.2) is 11.7 Å². The van der Waals surface area contributed by atoms with E-state index in [1.807, 2.05) is 0 Å². The van der Waals surface area contributed by atoms with E-state index in [0.29, 0.717) is 0 Å². The van der Waals surface area contributed by atoms with Gasteiger partial charge in [-0.3, -0.25) is 0 Å². The van der Waals surface area contributed by atoms with Crippen molar-refractivity contribution in [2.75, 3.05) is 0 Å². The van der Waals surface area contributed by atoms with Gasteiger partial charge in [-0.1, -0.05) is 12.1 Å². The van der Waals surface area contributed by atoms with Gasteiger partial charge in [-0.15, -0.1) is 0 Å². The molecule has 1 aromatic carbocycles. The average Bonchev–Trinajstić information content (AvgIpc) is 2.71. The van der Waals surface area contributed by atoms with Crippen molar-refractivity contribution < 1.29 is 24.3 Å². The molecule has 0 saturated carbocycles. The Kier molecular flexibility index (Phi) is 2.48. The minimum absolute atomic E-state index is 0.0332. The molecule has 0 spiro atoms. The lowest BCUT2D eigenvalue weighted by Gasteiger charge is -2.02. The lowest BCUT2D eigenvalue weighted by atomic mass is 10.1.